The van der Waals surface area contributed by atoms with E-state index in [0.717, 1.165) is 35.5 Å². The molecule has 0 saturated carbocycles. The van der Waals surface area contributed by atoms with Crippen molar-refractivity contribution in [3.8, 4) is 11.1 Å². The molecular weight excluding hydrogens is 431 g/mol. The molecular formula is C26H27FN6O. The molecule has 4 aromatic rings. The third-order valence-electron chi connectivity index (χ3n) is 6.20. The van der Waals surface area contributed by atoms with Gasteiger partial charge in [-0.3, -0.25) is 9.69 Å². The lowest BCUT2D eigenvalue weighted by atomic mass is 10.0. The van der Waals surface area contributed by atoms with E-state index in [2.05, 4.69) is 25.6 Å². The predicted molar refractivity (Wildman–Crippen MR) is 131 cm³/mol. The van der Waals surface area contributed by atoms with E-state index >= 15 is 0 Å². The molecule has 0 unspecified atom stereocenters. The first kappa shape index (κ1) is 22.0. The lowest BCUT2D eigenvalue weighted by Gasteiger charge is -2.26. The first-order valence-electron chi connectivity index (χ1n) is 11.6. The van der Waals surface area contributed by atoms with Gasteiger partial charge in [-0.15, -0.1) is 5.10 Å². The van der Waals surface area contributed by atoms with Gasteiger partial charge in [-0.25, -0.2) is 8.91 Å². The van der Waals surface area contributed by atoms with Crippen molar-refractivity contribution in [1.82, 2.24) is 24.8 Å². The second-order valence-corrected chi connectivity index (χ2v) is 8.55. The minimum absolute atomic E-state index is 0.142. The van der Waals surface area contributed by atoms with Crippen LogP contribution in [-0.4, -0.2) is 45.5 Å². The third-order valence-corrected chi connectivity index (χ3v) is 6.20. The van der Waals surface area contributed by atoms with Crippen LogP contribution < -0.4 is 10.6 Å². The fourth-order valence-corrected chi connectivity index (χ4v) is 4.36. The van der Waals surface area contributed by atoms with Crippen molar-refractivity contribution >= 4 is 23.2 Å². The zero-order chi connectivity index (χ0) is 23.5. The molecule has 7 nitrogen and oxygen atoms in total. The fourth-order valence-electron chi connectivity index (χ4n) is 4.36. The highest BCUT2D eigenvalue weighted by Gasteiger charge is 2.15. The zero-order valence-corrected chi connectivity index (χ0v) is 19.1. The molecule has 2 aromatic heterocycles. The molecule has 1 fully saturated rings. The maximum absolute atomic E-state index is 15.0. The molecule has 0 radical (unpaired) electrons. The summed E-state index contributed by atoms with van der Waals surface area (Å²) in [6, 6.07) is 16.3. The molecule has 8 heteroatoms. The van der Waals surface area contributed by atoms with Gasteiger partial charge in [-0.1, -0.05) is 18.6 Å². The van der Waals surface area contributed by atoms with Crippen LogP contribution >= 0.6 is 0 Å². The van der Waals surface area contributed by atoms with Gasteiger partial charge in [0.25, 0.3) is 5.91 Å². The summed E-state index contributed by atoms with van der Waals surface area (Å²) in [5, 5.41) is 10.3. The van der Waals surface area contributed by atoms with Crippen molar-refractivity contribution in [3.05, 3.63) is 77.7 Å². The number of likely N-dealkylation sites (tertiary alicyclic amines) is 1. The van der Waals surface area contributed by atoms with Crippen LogP contribution in [0, 0.1) is 5.82 Å². The lowest BCUT2D eigenvalue weighted by molar-refractivity contribution is 0.0963. The Bertz CT molecular complexity index is 1310. The Morgan fingerprint density at radius 3 is 2.59 bits per heavy atom. The van der Waals surface area contributed by atoms with E-state index in [1.54, 1.807) is 41.9 Å². The van der Waals surface area contributed by atoms with E-state index in [4.69, 9.17) is 0 Å². The molecule has 3 heterocycles. The number of pyridine rings is 1. The molecule has 5 rings (SSSR count). The smallest absolute Gasteiger partial charge is 0.251 e. The van der Waals surface area contributed by atoms with Crippen LogP contribution in [0.25, 0.3) is 16.8 Å². The van der Waals surface area contributed by atoms with Gasteiger partial charge in [-0.05, 0) is 74.0 Å². The molecule has 174 valence electrons. The van der Waals surface area contributed by atoms with E-state index in [-0.39, 0.29) is 11.7 Å². The molecule has 0 atom stereocenters. The highest BCUT2D eigenvalue weighted by molar-refractivity contribution is 5.94. The normalized spacial score (nSPS) is 14.3. The number of aromatic nitrogens is 3. The largest absolute Gasteiger partial charge is 0.355 e. The third kappa shape index (κ3) is 4.63. The van der Waals surface area contributed by atoms with Gasteiger partial charge in [0.05, 0.1) is 0 Å². The number of piperidine rings is 1. The maximum Gasteiger partial charge on any atom is 0.251 e. The molecule has 1 aliphatic rings. The van der Waals surface area contributed by atoms with Gasteiger partial charge in [-0.2, -0.15) is 4.98 Å². The van der Waals surface area contributed by atoms with Crippen LogP contribution in [0.15, 0.2) is 60.8 Å². The second-order valence-electron chi connectivity index (χ2n) is 8.55. The first-order valence-corrected chi connectivity index (χ1v) is 11.6. The van der Waals surface area contributed by atoms with E-state index in [0.29, 0.717) is 23.7 Å². The van der Waals surface area contributed by atoms with Gasteiger partial charge in [0, 0.05) is 42.2 Å². The van der Waals surface area contributed by atoms with Crippen LogP contribution in [0.3, 0.4) is 0 Å². The fraction of sp³-hybridized carbons (Fsp3) is 0.269. The zero-order valence-electron chi connectivity index (χ0n) is 19.1. The van der Waals surface area contributed by atoms with Crippen LogP contribution in [0.5, 0.6) is 0 Å². The molecule has 0 bridgehead atoms. The summed E-state index contributed by atoms with van der Waals surface area (Å²) in [5.41, 5.74) is 4.26. The van der Waals surface area contributed by atoms with Crippen molar-refractivity contribution in [1.29, 1.82) is 0 Å². The van der Waals surface area contributed by atoms with Crippen LogP contribution in [0.1, 0.15) is 35.2 Å². The van der Waals surface area contributed by atoms with Gasteiger partial charge in [0.2, 0.25) is 5.95 Å². The average Bonchev–Trinajstić information content (AvgIpc) is 3.28. The number of anilines is 2. The summed E-state index contributed by atoms with van der Waals surface area (Å²) in [7, 11) is 1.60. The first-order chi connectivity index (χ1) is 16.6. The number of carbonyl (C=O) groups is 1. The topological polar surface area (TPSA) is 74.6 Å². The number of hydrogen-bond donors (Lipinski definition) is 2. The highest BCUT2D eigenvalue weighted by atomic mass is 19.1. The van der Waals surface area contributed by atoms with Gasteiger partial charge in [0.1, 0.15) is 5.82 Å². The van der Waals surface area contributed by atoms with Crippen LogP contribution in [0.4, 0.5) is 16.0 Å². The average molecular weight is 459 g/mol. The molecule has 0 spiro atoms. The Kier molecular flexibility index (Phi) is 6.22. The predicted octanol–water partition coefficient (Wildman–Crippen LogP) is 4.62. The molecule has 2 N–H and O–H groups in total. The van der Waals surface area contributed by atoms with Gasteiger partial charge in [0.15, 0.2) is 5.65 Å². The van der Waals surface area contributed by atoms with Crippen LogP contribution in [0.2, 0.25) is 0 Å². The van der Waals surface area contributed by atoms with E-state index < -0.39 is 0 Å². The van der Waals surface area contributed by atoms with Crippen molar-refractivity contribution < 1.29 is 9.18 Å². The number of hydrogen-bond acceptors (Lipinski definition) is 5. The number of benzene rings is 2. The molecule has 34 heavy (non-hydrogen) atoms. The number of nitrogens with one attached hydrogen (secondary N) is 2. The molecule has 1 aliphatic heterocycles. The molecule has 1 amide bonds. The number of rotatable bonds is 6. The van der Waals surface area contributed by atoms with Gasteiger partial charge >= 0.3 is 0 Å². The van der Waals surface area contributed by atoms with Crippen molar-refractivity contribution in [2.45, 2.75) is 25.8 Å². The summed E-state index contributed by atoms with van der Waals surface area (Å²) in [5.74, 6) is 0.0812. The molecule has 0 aliphatic carbocycles. The second kappa shape index (κ2) is 9.61. The lowest BCUT2D eigenvalue weighted by Crippen LogP contribution is -2.29. The Hall–Kier alpha value is -3.78. The number of amides is 1. The minimum atomic E-state index is -0.195. The standard InChI is InChI=1S/C26H27FN6O/c1-28-25(34)18-9-11-21(12-10-18)29-26-30-24-22(6-5-15-33(24)31-26)19-7-8-20(23(27)16-19)17-32-13-3-2-4-14-32/h5-12,15-16H,2-4,13-14,17H2,1H3,(H,28,34)(H,29,31). The number of nitrogens with zero attached hydrogens (tertiary/aromatic N) is 4. The Labute approximate surface area is 197 Å². The Balaban J connectivity index is 1.38. The van der Waals surface area contributed by atoms with Crippen molar-refractivity contribution in [3.63, 3.8) is 0 Å². The number of fused-ring (bicyclic) bond motifs is 1. The monoisotopic (exact) mass is 458 g/mol. The van der Waals surface area contributed by atoms with E-state index in [9.17, 15) is 9.18 Å². The maximum atomic E-state index is 15.0. The summed E-state index contributed by atoms with van der Waals surface area (Å²) >= 11 is 0. The van der Waals surface area contributed by atoms with Crippen LogP contribution in [-0.2, 0) is 6.54 Å². The van der Waals surface area contributed by atoms with Crippen molar-refractivity contribution in [2.24, 2.45) is 0 Å². The highest BCUT2D eigenvalue weighted by Crippen LogP contribution is 2.27. The SMILES string of the molecule is CNC(=O)c1ccc(Nc2nc3c(-c4ccc(CN5CCCCC5)c(F)c4)cccn3n2)cc1. The number of carbonyl (C=O) groups excluding carboxylic acids is 1. The van der Waals surface area contributed by atoms with Crippen molar-refractivity contribution in [2.75, 3.05) is 25.5 Å². The Morgan fingerprint density at radius 1 is 1.06 bits per heavy atom. The minimum Gasteiger partial charge on any atom is -0.355 e. The van der Waals surface area contributed by atoms with E-state index in [1.807, 2.05) is 30.5 Å². The van der Waals surface area contributed by atoms with E-state index in [1.165, 1.54) is 19.3 Å². The summed E-state index contributed by atoms with van der Waals surface area (Å²) < 4.78 is 16.7. The van der Waals surface area contributed by atoms with Gasteiger partial charge < -0.3 is 10.6 Å². The summed E-state index contributed by atoms with van der Waals surface area (Å²) in [6.07, 6.45) is 5.44. The molecule has 1 saturated heterocycles. The summed E-state index contributed by atoms with van der Waals surface area (Å²) in [4.78, 5) is 18.7. The number of halogens is 1. The Morgan fingerprint density at radius 2 is 1.85 bits per heavy atom. The molecule has 2 aromatic carbocycles. The quantitative estimate of drug-likeness (QED) is 0.441. The summed E-state index contributed by atoms with van der Waals surface area (Å²) in [6.45, 7) is 2.71.